The molecule has 0 bridgehead atoms. The second-order valence-electron chi connectivity index (χ2n) is 8.61. The van der Waals surface area contributed by atoms with Gasteiger partial charge in [0.25, 0.3) is 5.91 Å². The SMILES string of the molecule is CCCCCCCCCCCCCCCC(=O)NNC(=O)c1ccncc1C(C)C. The fraction of sp³-hybridized carbons (Fsp3) is 0.720. The molecule has 1 heterocycles. The molecule has 2 N–H and O–H groups in total. The number of nitrogens with one attached hydrogen (secondary N) is 2. The van der Waals surface area contributed by atoms with Gasteiger partial charge in [-0.25, -0.2) is 0 Å². The molecular weight excluding hydrogens is 374 g/mol. The van der Waals surface area contributed by atoms with Crippen molar-refractivity contribution in [3.05, 3.63) is 29.6 Å². The molecule has 1 aromatic rings. The summed E-state index contributed by atoms with van der Waals surface area (Å²) >= 11 is 0. The lowest BCUT2D eigenvalue weighted by atomic mass is 9.99. The van der Waals surface area contributed by atoms with Crippen molar-refractivity contribution < 1.29 is 9.59 Å². The Morgan fingerprint density at radius 2 is 1.37 bits per heavy atom. The molecule has 0 radical (unpaired) electrons. The number of pyridine rings is 1. The Hall–Kier alpha value is -1.91. The Labute approximate surface area is 183 Å². The van der Waals surface area contributed by atoms with Crippen LogP contribution in [0.4, 0.5) is 0 Å². The standard InChI is InChI=1S/C25H43N3O2/c1-4-5-6-7-8-9-10-11-12-13-14-15-16-17-24(29)27-28-25(30)22-18-19-26-20-23(22)21(2)3/h18-21H,4-17H2,1-3H3,(H,27,29)(H,28,30). The maximum absolute atomic E-state index is 12.3. The van der Waals surface area contributed by atoms with E-state index in [0.29, 0.717) is 12.0 Å². The summed E-state index contributed by atoms with van der Waals surface area (Å²) in [5, 5.41) is 0. The molecule has 5 nitrogen and oxygen atoms in total. The van der Waals surface area contributed by atoms with Crippen molar-refractivity contribution in [2.45, 2.75) is 117 Å². The fourth-order valence-corrected chi connectivity index (χ4v) is 3.63. The topological polar surface area (TPSA) is 71.1 Å². The van der Waals surface area contributed by atoms with Gasteiger partial charge in [0.1, 0.15) is 0 Å². The smallest absolute Gasteiger partial charge is 0.270 e. The minimum absolute atomic E-state index is 0.133. The van der Waals surface area contributed by atoms with E-state index in [4.69, 9.17) is 0 Å². The summed E-state index contributed by atoms with van der Waals surface area (Å²) in [6.07, 6.45) is 20.4. The van der Waals surface area contributed by atoms with Crippen LogP contribution in [0.25, 0.3) is 0 Å². The Balaban J connectivity index is 2.01. The highest BCUT2D eigenvalue weighted by Gasteiger charge is 2.14. The van der Waals surface area contributed by atoms with Crippen LogP contribution in [0.5, 0.6) is 0 Å². The Bertz CT molecular complexity index is 602. The molecule has 170 valence electrons. The average Bonchev–Trinajstić information content (AvgIpc) is 2.75. The molecule has 0 fully saturated rings. The van der Waals surface area contributed by atoms with E-state index in [1.807, 2.05) is 13.8 Å². The van der Waals surface area contributed by atoms with Gasteiger partial charge in [-0.05, 0) is 24.0 Å². The van der Waals surface area contributed by atoms with E-state index in [1.165, 1.54) is 70.6 Å². The molecule has 1 aromatic heterocycles. The minimum atomic E-state index is -0.292. The van der Waals surface area contributed by atoms with Crippen molar-refractivity contribution in [1.29, 1.82) is 0 Å². The third-order valence-electron chi connectivity index (χ3n) is 5.54. The highest BCUT2D eigenvalue weighted by atomic mass is 16.2. The molecule has 0 aliphatic heterocycles. The van der Waals surface area contributed by atoms with E-state index in [9.17, 15) is 9.59 Å². The molecule has 0 saturated carbocycles. The fourth-order valence-electron chi connectivity index (χ4n) is 3.63. The summed E-state index contributed by atoms with van der Waals surface area (Å²) in [6, 6.07) is 1.68. The number of hydrogen-bond donors (Lipinski definition) is 2. The maximum Gasteiger partial charge on any atom is 0.270 e. The van der Waals surface area contributed by atoms with E-state index in [2.05, 4.69) is 22.8 Å². The predicted molar refractivity (Wildman–Crippen MR) is 124 cm³/mol. The lowest BCUT2D eigenvalue weighted by Crippen LogP contribution is -2.41. The average molecular weight is 418 g/mol. The van der Waals surface area contributed by atoms with Gasteiger partial charge in [0, 0.05) is 24.4 Å². The number of carbonyl (C=O) groups excluding carboxylic acids is 2. The predicted octanol–water partition coefficient (Wildman–Crippen LogP) is 6.45. The Kier molecular flexibility index (Phi) is 14.7. The van der Waals surface area contributed by atoms with Crippen LogP contribution in [0.3, 0.4) is 0 Å². The van der Waals surface area contributed by atoms with E-state index >= 15 is 0 Å². The van der Waals surface area contributed by atoms with Crippen LogP contribution in [0.15, 0.2) is 18.5 Å². The zero-order chi connectivity index (χ0) is 22.0. The number of hydrazine groups is 1. The summed E-state index contributed by atoms with van der Waals surface area (Å²) in [5.41, 5.74) is 6.49. The van der Waals surface area contributed by atoms with Crippen molar-refractivity contribution in [3.63, 3.8) is 0 Å². The van der Waals surface area contributed by atoms with Gasteiger partial charge < -0.3 is 0 Å². The van der Waals surface area contributed by atoms with E-state index in [-0.39, 0.29) is 17.7 Å². The van der Waals surface area contributed by atoms with Gasteiger partial charge in [-0.15, -0.1) is 0 Å². The molecule has 0 aromatic carbocycles. The van der Waals surface area contributed by atoms with Gasteiger partial charge in [0.2, 0.25) is 5.91 Å². The van der Waals surface area contributed by atoms with Crippen molar-refractivity contribution in [3.8, 4) is 0 Å². The summed E-state index contributed by atoms with van der Waals surface area (Å²) < 4.78 is 0. The molecule has 0 aliphatic rings. The monoisotopic (exact) mass is 417 g/mol. The first-order valence-corrected chi connectivity index (χ1v) is 12.1. The third kappa shape index (κ3) is 11.9. The molecule has 0 spiro atoms. The number of amides is 2. The highest BCUT2D eigenvalue weighted by molar-refractivity contribution is 5.96. The van der Waals surface area contributed by atoms with Gasteiger partial charge in [-0.2, -0.15) is 0 Å². The Morgan fingerprint density at radius 1 is 0.833 bits per heavy atom. The molecule has 1 rings (SSSR count). The third-order valence-corrected chi connectivity index (χ3v) is 5.54. The van der Waals surface area contributed by atoms with Gasteiger partial charge in [-0.1, -0.05) is 97.8 Å². The first kappa shape index (κ1) is 26.1. The zero-order valence-corrected chi connectivity index (χ0v) is 19.5. The van der Waals surface area contributed by atoms with Crippen molar-refractivity contribution in [2.24, 2.45) is 0 Å². The largest absolute Gasteiger partial charge is 0.273 e. The molecule has 30 heavy (non-hydrogen) atoms. The summed E-state index contributed by atoms with van der Waals surface area (Å²) in [6.45, 7) is 6.29. The van der Waals surface area contributed by atoms with Gasteiger partial charge in [0.15, 0.2) is 0 Å². The van der Waals surface area contributed by atoms with E-state index < -0.39 is 0 Å². The lowest BCUT2D eigenvalue weighted by molar-refractivity contribution is -0.122. The molecule has 0 atom stereocenters. The van der Waals surface area contributed by atoms with Crippen LogP contribution in [0.2, 0.25) is 0 Å². The zero-order valence-electron chi connectivity index (χ0n) is 19.5. The number of carbonyl (C=O) groups is 2. The second kappa shape index (κ2) is 16.8. The summed E-state index contributed by atoms with van der Waals surface area (Å²) in [5.74, 6) is -0.229. The van der Waals surface area contributed by atoms with Crippen LogP contribution in [0.1, 0.15) is 133 Å². The summed E-state index contributed by atoms with van der Waals surface area (Å²) in [4.78, 5) is 28.3. The summed E-state index contributed by atoms with van der Waals surface area (Å²) in [7, 11) is 0. The van der Waals surface area contributed by atoms with Crippen LogP contribution < -0.4 is 10.9 Å². The number of aromatic nitrogens is 1. The van der Waals surface area contributed by atoms with Gasteiger partial charge in [0.05, 0.1) is 0 Å². The number of unbranched alkanes of at least 4 members (excludes halogenated alkanes) is 12. The normalized spacial score (nSPS) is 10.9. The van der Waals surface area contributed by atoms with Crippen molar-refractivity contribution in [1.82, 2.24) is 15.8 Å². The van der Waals surface area contributed by atoms with Crippen LogP contribution in [-0.2, 0) is 4.79 Å². The van der Waals surface area contributed by atoms with Gasteiger partial charge in [-0.3, -0.25) is 25.4 Å². The quantitative estimate of drug-likeness (QED) is 0.240. The van der Waals surface area contributed by atoms with E-state index in [1.54, 1.807) is 18.5 Å². The first-order chi connectivity index (χ1) is 14.6. The van der Waals surface area contributed by atoms with Crippen LogP contribution in [-0.4, -0.2) is 16.8 Å². The number of hydrogen-bond acceptors (Lipinski definition) is 3. The molecular formula is C25H43N3O2. The number of nitrogens with zero attached hydrogens (tertiary/aromatic N) is 1. The minimum Gasteiger partial charge on any atom is -0.273 e. The molecule has 0 unspecified atom stereocenters. The van der Waals surface area contributed by atoms with Crippen molar-refractivity contribution >= 4 is 11.8 Å². The molecule has 0 saturated heterocycles. The number of rotatable bonds is 16. The van der Waals surface area contributed by atoms with Crippen molar-refractivity contribution in [2.75, 3.05) is 0 Å². The second-order valence-corrected chi connectivity index (χ2v) is 8.61. The van der Waals surface area contributed by atoms with Crippen LogP contribution in [0, 0.1) is 0 Å². The Morgan fingerprint density at radius 3 is 1.90 bits per heavy atom. The maximum atomic E-state index is 12.3. The molecule has 2 amide bonds. The first-order valence-electron chi connectivity index (χ1n) is 12.1. The highest BCUT2D eigenvalue weighted by Crippen LogP contribution is 2.17. The van der Waals surface area contributed by atoms with Crippen LogP contribution >= 0.6 is 0 Å². The van der Waals surface area contributed by atoms with E-state index in [0.717, 1.165) is 18.4 Å². The molecule has 0 aliphatic carbocycles. The molecule has 5 heteroatoms. The lowest BCUT2D eigenvalue weighted by Gasteiger charge is -2.12. The van der Waals surface area contributed by atoms with Gasteiger partial charge >= 0.3 is 0 Å².